The first kappa shape index (κ1) is 17.6. The summed E-state index contributed by atoms with van der Waals surface area (Å²) in [7, 11) is 0. The van der Waals surface area contributed by atoms with Gasteiger partial charge in [-0.25, -0.2) is 0 Å². The molecule has 0 unspecified atom stereocenters. The molecule has 2 saturated heterocycles. The number of rotatable bonds is 4. The van der Waals surface area contributed by atoms with Gasteiger partial charge < -0.3 is 20.3 Å². The Morgan fingerprint density at radius 1 is 1.20 bits per heavy atom. The minimum atomic E-state index is -0.515. The third-order valence-corrected chi connectivity index (χ3v) is 5.28. The zero-order chi connectivity index (χ0) is 17.9. The Kier molecular flexibility index (Phi) is 5.19. The smallest absolute Gasteiger partial charge is 0.292 e. The van der Waals surface area contributed by atoms with Gasteiger partial charge in [0.05, 0.1) is 10.3 Å². The van der Waals surface area contributed by atoms with Gasteiger partial charge in [-0.1, -0.05) is 12.1 Å². The van der Waals surface area contributed by atoms with Crippen LogP contribution in [0.4, 0.5) is 11.4 Å². The predicted octanol–water partition coefficient (Wildman–Crippen LogP) is 0.999. The van der Waals surface area contributed by atoms with Crippen molar-refractivity contribution in [2.24, 2.45) is 11.1 Å². The van der Waals surface area contributed by atoms with Crippen LogP contribution in [0.3, 0.4) is 0 Å². The molecule has 0 bridgehead atoms. The van der Waals surface area contributed by atoms with E-state index in [9.17, 15) is 14.9 Å². The quantitative estimate of drug-likeness (QED) is 0.643. The van der Waals surface area contributed by atoms with E-state index in [1.165, 1.54) is 6.07 Å². The number of carbonyl (C=O) groups excluding carboxylic acids is 1. The number of hydrogen-bond donors (Lipinski definition) is 1. The van der Waals surface area contributed by atoms with Gasteiger partial charge in [0, 0.05) is 52.0 Å². The van der Waals surface area contributed by atoms with E-state index in [4.69, 9.17) is 10.5 Å². The van der Waals surface area contributed by atoms with Crippen LogP contribution in [0, 0.1) is 15.5 Å². The van der Waals surface area contributed by atoms with Gasteiger partial charge in [-0.05, 0) is 18.9 Å². The van der Waals surface area contributed by atoms with Crippen molar-refractivity contribution in [2.45, 2.75) is 12.8 Å². The van der Waals surface area contributed by atoms with E-state index in [2.05, 4.69) is 0 Å². The number of nitro groups is 1. The van der Waals surface area contributed by atoms with Crippen molar-refractivity contribution in [1.82, 2.24) is 4.90 Å². The molecule has 2 aliphatic heterocycles. The number of para-hydroxylation sites is 2. The van der Waals surface area contributed by atoms with E-state index in [0.717, 1.165) is 0 Å². The predicted molar refractivity (Wildman–Crippen MR) is 93.4 cm³/mol. The largest absolute Gasteiger partial charge is 0.381 e. The number of carbonyl (C=O) groups is 1. The molecule has 0 atom stereocenters. The Morgan fingerprint density at radius 3 is 2.44 bits per heavy atom. The Morgan fingerprint density at radius 2 is 1.84 bits per heavy atom. The van der Waals surface area contributed by atoms with Gasteiger partial charge in [0.15, 0.2) is 0 Å². The van der Waals surface area contributed by atoms with E-state index in [1.807, 2.05) is 9.80 Å². The topological polar surface area (TPSA) is 102 Å². The summed E-state index contributed by atoms with van der Waals surface area (Å²) in [5, 5.41) is 11.2. The third-order valence-electron chi connectivity index (χ3n) is 5.28. The molecule has 2 fully saturated rings. The SMILES string of the molecule is NCC1(C(=O)N2CCN(c3ccccc3[N+](=O)[O-])CC2)CCOCC1. The fourth-order valence-electron chi connectivity index (χ4n) is 3.64. The second-order valence-corrected chi connectivity index (χ2v) is 6.62. The van der Waals surface area contributed by atoms with Crippen LogP contribution in [0.15, 0.2) is 24.3 Å². The summed E-state index contributed by atoms with van der Waals surface area (Å²) in [5.41, 5.74) is 6.13. The summed E-state index contributed by atoms with van der Waals surface area (Å²) >= 11 is 0. The highest BCUT2D eigenvalue weighted by atomic mass is 16.6. The first-order valence-electron chi connectivity index (χ1n) is 8.63. The zero-order valence-electron chi connectivity index (χ0n) is 14.2. The number of ether oxygens (including phenoxy) is 1. The van der Waals surface area contributed by atoms with Crippen molar-refractivity contribution in [3.63, 3.8) is 0 Å². The number of nitrogens with zero attached hydrogens (tertiary/aromatic N) is 3. The molecule has 0 radical (unpaired) electrons. The van der Waals surface area contributed by atoms with Gasteiger partial charge in [-0.15, -0.1) is 0 Å². The molecule has 2 heterocycles. The fourth-order valence-corrected chi connectivity index (χ4v) is 3.64. The number of amides is 1. The number of hydrogen-bond acceptors (Lipinski definition) is 6. The summed E-state index contributed by atoms with van der Waals surface area (Å²) in [6.07, 6.45) is 1.32. The summed E-state index contributed by atoms with van der Waals surface area (Å²) in [5.74, 6) is 0.0977. The molecule has 0 saturated carbocycles. The van der Waals surface area contributed by atoms with E-state index >= 15 is 0 Å². The molecule has 8 heteroatoms. The Hall–Kier alpha value is -2.19. The van der Waals surface area contributed by atoms with E-state index in [-0.39, 0.29) is 16.5 Å². The standard InChI is InChI=1S/C17H24N4O4/c18-13-17(5-11-25-12-6-17)16(22)20-9-7-19(8-10-20)14-3-1-2-4-15(14)21(23)24/h1-4H,5-13,18H2. The second-order valence-electron chi connectivity index (χ2n) is 6.62. The lowest BCUT2D eigenvalue weighted by Crippen LogP contribution is -2.56. The molecular formula is C17H24N4O4. The highest BCUT2D eigenvalue weighted by molar-refractivity contribution is 5.83. The molecule has 8 nitrogen and oxygen atoms in total. The molecule has 136 valence electrons. The maximum atomic E-state index is 13.0. The van der Waals surface area contributed by atoms with Crippen LogP contribution < -0.4 is 10.6 Å². The molecule has 2 N–H and O–H groups in total. The molecule has 1 amide bonds. The van der Waals surface area contributed by atoms with Crippen molar-refractivity contribution in [3.8, 4) is 0 Å². The zero-order valence-corrected chi connectivity index (χ0v) is 14.2. The van der Waals surface area contributed by atoms with E-state index < -0.39 is 5.41 Å². The lowest BCUT2D eigenvalue weighted by molar-refractivity contribution is -0.384. The van der Waals surface area contributed by atoms with Crippen molar-refractivity contribution >= 4 is 17.3 Å². The Labute approximate surface area is 146 Å². The van der Waals surface area contributed by atoms with Crippen LogP contribution in [-0.4, -0.2) is 61.7 Å². The minimum absolute atomic E-state index is 0.0977. The fraction of sp³-hybridized carbons (Fsp3) is 0.588. The van der Waals surface area contributed by atoms with Crippen LogP contribution >= 0.6 is 0 Å². The maximum absolute atomic E-state index is 13.0. The van der Waals surface area contributed by atoms with Crippen molar-refractivity contribution < 1.29 is 14.5 Å². The molecule has 1 aromatic carbocycles. The third kappa shape index (κ3) is 3.45. The average Bonchev–Trinajstić information content (AvgIpc) is 2.68. The van der Waals surface area contributed by atoms with Crippen molar-refractivity contribution in [1.29, 1.82) is 0 Å². The van der Waals surface area contributed by atoms with Crippen LogP contribution in [0.1, 0.15) is 12.8 Å². The number of piperazine rings is 1. The molecule has 0 spiro atoms. The molecular weight excluding hydrogens is 324 g/mol. The number of anilines is 1. The van der Waals surface area contributed by atoms with Gasteiger partial charge >= 0.3 is 0 Å². The first-order chi connectivity index (χ1) is 12.1. The second kappa shape index (κ2) is 7.37. The van der Waals surface area contributed by atoms with Gasteiger partial charge in [0.25, 0.3) is 5.69 Å². The minimum Gasteiger partial charge on any atom is -0.381 e. The maximum Gasteiger partial charge on any atom is 0.292 e. The summed E-state index contributed by atoms with van der Waals surface area (Å²) in [6, 6.07) is 6.73. The molecule has 2 aliphatic rings. The summed E-state index contributed by atoms with van der Waals surface area (Å²) < 4.78 is 5.38. The Balaban J connectivity index is 1.68. The molecule has 25 heavy (non-hydrogen) atoms. The summed E-state index contributed by atoms with van der Waals surface area (Å²) in [6.45, 7) is 3.72. The molecule has 3 rings (SSSR count). The Bertz CT molecular complexity index is 637. The molecule has 1 aromatic rings. The normalized spacial score (nSPS) is 20.4. The van der Waals surface area contributed by atoms with Crippen LogP contribution in [0.2, 0.25) is 0 Å². The summed E-state index contributed by atoms with van der Waals surface area (Å²) in [4.78, 5) is 27.7. The highest BCUT2D eigenvalue weighted by Crippen LogP contribution is 2.33. The van der Waals surface area contributed by atoms with Crippen molar-refractivity contribution in [3.05, 3.63) is 34.4 Å². The van der Waals surface area contributed by atoms with E-state index in [1.54, 1.807) is 18.2 Å². The lowest BCUT2D eigenvalue weighted by Gasteiger charge is -2.42. The van der Waals surface area contributed by atoms with Gasteiger partial charge in [0.2, 0.25) is 5.91 Å². The number of benzene rings is 1. The van der Waals surface area contributed by atoms with Crippen LogP contribution in [0.25, 0.3) is 0 Å². The highest BCUT2D eigenvalue weighted by Gasteiger charge is 2.42. The lowest BCUT2D eigenvalue weighted by atomic mass is 9.78. The van der Waals surface area contributed by atoms with Gasteiger partial charge in [-0.3, -0.25) is 14.9 Å². The number of nitro benzene ring substituents is 1. The first-order valence-corrected chi connectivity index (χ1v) is 8.63. The molecule has 0 aromatic heterocycles. The van der Waals surface area contributed by atoms with Crippen molar-refractivity contribution in [2.75, 3.05) is 50.8 Å². The van der Waals surface area contributed by atoms with Crippen LogP contribution in [-0.2, 0) is 9.53 Å². The monoisotopic (exact) mass is 348 g/mol. The van der Waals surface area contributed by atoms with Gasteiger partial charge in [-0.2, -0.15) is 0 Å². The average molecular weight is 348 g/mol. The number of nitrogens with two attached hydrogens (primary N) is 1. The molecule has 0 aliphatic carbocycles. The van der Waals surface area contributed by atoms with Crippen LogP contribution in [0.5, 0.6) is 0 Å². The van der Waals surface area contributed by atoms with Gasteiger partial charge in [0.1, 0.15) is 5.69 Å². The van der Waals surface area contributed by atoms with E-state index in [0.29, 0.717) is 64.5 Å².